The van der Waals surface area contributed by atoms with Crippen LogP contribution in [-0.4, -0.2) is 74.2 Å². The van der Waals surface area contributed by atoms with Crippen molar-refractivity contribution in [2.24, 2.45) is 5.92 Å². The Morgan fingerprint density at radius 1 is 1.10 bits per heavy atom. The zero-order valence-electron chi connectivity index (χ0n) is 16.5. The fourth-order valence-electron chi connectivity index (χ4n) is 5.45. The third-order valence-electron chi connectivity index (χ3n) is 6.90. The molecule has 0 spiro atoms. The largest absolute Gasteiger partial charge is 0.508 e. The Balaban J connectivity index is 0.000000207. The monoisotopic (exact) mass is 407 g/mol. The number of hydrogen-bond acceptors (Lipinski definition) is 6. The van der Waals surface area contributed by atoms with Gasteiger partial charge in [-0.15, -0.1) is 0 Å². The lowest BCUT2D eigenvalue weighted by Crippen LogP contribution is -2.59. The summed E-state index contributed by atoms with van der Waals surface area (Å²) in [5.41, 5.74) is 3.36. The molecule has 1 aromatic carbocycles. The van der Waals surface area contributed by atoms with Gasteiger partial charge in [-0.1, -0.05) is 18.9 Å². The number of carboxylic acid groups (broad SMARTS) is 2. The van der Waals surface area contributed by atoms with E-state index in [1.54, 1.807) is 0 Å². The molecule has 1 saturated carbocycles. The third kappa shape index (κ3) is 3.97. The number of fused-ring (bicyclic) bond motifs is 1. The summed E-state index contributed by atoms with van der Waals surface area (Å²) >= 11 is 0. The van der Waals surface area contributed by atoms with Crippen LogP contribution in [0.2, 0.25) is 0 Å². The number of carboxylic acids is 2. The van der Waals surface area contributed by atoms with Gasteiger partial charge in [0.1, 0.15) is 5.75 Å². The third-order valence-corrected chi connectivity index (χ3v) is 6.90. The summed E-state index contributed by atoms with van der Waals surface area (Å²) in [6.45, 7) is 1.22. The van der Waals surface area contributed by atoms with Gasteiger partial charge >= 0.3 is 11.9 Å². The smallest absolute Gasteiger partial charge is 0.335 e. The molecule has 1 saturated heterocycles. The van der Waals surface area contributed by atoms with Gasteiger partial charge in [-0.05, 0) is 68.5 Å². The maximum Gasteiger partial charge on any atom is 0.335 e. The second kappa shape index (κ2) is 8.30. The molecule has 160 valence electrons. The molecule has 8 heteroatoms. The number of aromatic hydroxyl groups is 1. The van der Waals surface area contributed by atoms with E-state index in [4.69, 9.17) is 20.4 Å². The normalized spacial score (nSPS) is 30.0. The molecule has 2 bridgehead atoms. The van der Waals surface area contributed by atoms with Crippen LogP contribution >= 0.6 is 0 Å². The summed E-state index contributed by atoms with van der Waals surface area (Å²) in [5, 5.41) is 42.4. The predicted octanol–water partition coefficient (Wildman–Crippen LogP) is 0.958. The van der Waals surface area contributed by atoms with Crippen molar-refractivity contribution in [3.63, 3.8) is 0 Å². The lowest BCUT2D eigenvalue weighted by atomic mass is 9.52. The van der Waals surface area contributed by atoms with E-state index in [0.29, 0.717) is 11.2 Å². The predicted molar refractivity (Wildman–Crippen MR) is 104 cm³/mol. The molecule has 5 N–H and O–H groups in total. The number of phenols is 1. The van der Waals surface area contributed by atoms with Crippen molar-refractivity contribution in [1.82, 2.24) is 4.90 Å². The first-order chi connectivity index (χ1) is 13.7. The number of aliphatic hydroxyl groups is 2. The number of aliphatic carboxylic acids is 2. The lowest BCUT2D eigenvalue weighted by Gasteiger charge is -2.58. The van der Waals surface area contributed by atoms with Crippen molar-refractivity contribution in [1.29, 1.82) is 0 Å². The van der Waals surface area contributed by atoms with Gasteiger partial charge in [0, 0.05) is 11.5 Å². The average Bonchev–Trinajstić information content (AvgIpc) is 2.70. The fourth-order valence-corrected chi connectivity index (χ4v) is 5.45. The Hall–Kier alpha value is -2.16. The summed E-state index contributed by atoms with van der Waals surface area (Å²) in [5.74, 6) is -2.27. The first kappa shape index (κ1) is 21.5. The molecule has 0 unspecified atom stereocenters. The molecule has 0 radical (unpaired) electrons. The summed E-state index contributed by atoms with van der Waals surface area (Å²) in [6.07, 6.45) is 3.39. The van der Waals surface area contributed by atoms with Crippen LogP contribution in [0.1, 0.15) is 43.2 Å². The number of carbonyl (C=O) groups is 2. The van der Waals surface area contributed by atoms with E-state index < -0.39 is 24.1 Å². The summed E-state index contributed by atoms with van der Waals surface area (Å²) in [4.78, 5) is 22.1. The number of likely N-dealkylation sites (N-methyl/N-ethyl adjacent to an activating group) is 1. The number of aliphatic hydroxyl groups excluding tert-OH is 2. The first-order valence-corrected chi connectivity index (χ1v) is 10.0. The molecule has 1 aromatic rings. The van der Waals surface area contributed by atoms with E-state index in [0.717, 1.165) is 12.0 Å². The quantitative estimate of drug-likeness (QED) is 0.499. The van der Waals surface area contributed by atoms with Gasteiger partial charge < -0.3 is 30.4 Å². The SMILES string of the molecule is CN1CC[C@@]23CCCC[C@@H]2[C@H]1Cc1ccc(O)cc13.O=C(O)[C@@H](O)[C@H](O)C(=O)O. The molecule has 8 nitrogen and oxygen atoms in total. The highest BCUT2D eigenvalue weighted by molar-refractivity contribution is 5.83. The van der Waals surface area contributed by atoms with Crippen LogP contribution in [-0.2, 0) is 21.4 Å². The highest BCUT2D eigenvalue weighted by Crippen LogP contribution is 2.55. The van der Waals surface area contributed by atoms with Crippen LogP contribution in [0.25, 0.3) is 0 Å². The van der Waals surface area contributed by atoms with Gasteiger partial charge in [-0.3, -0.25) is 0 Å². The standard InChI is InChI=1S/C17H23NO.C4H6O6/c1-18-9-8-17-7-3-2-4-14(17)16(18)10-12-5-6-13(19)11-15(12)17;5-1(3(7)8)2(6)4(9)10/h5-6,11,14,16,19H,2-4,7-10H2,1H3;1-2,5-6H,(H,7,8)(H,9,10)/t14-,16-,17+;1-,2-/m10/s1. The molecule has 29 heavy (non-hydrogen) atoms. The minimum atomic E-state index is -2.27. The van der Waals surface area contributed by atoms with Crippen molar-refractivity contribution < 1.29 is 35.1 Å². The van der Waals surface area contributed by atoms with Gasteiger partial charge in [0.2, 0.25) is 0 Å². The molecule has 0 amide bonds. The number of nitrogens with zero attached hydrogens (tertiary/aromatic N) is 1. The van der Waals surface area contributed by atoms with Crippen LogP contribution in [0.5, 0.6) is 5.75 Å². The van der Waals surface area contributed by atoms with Crippen LogP contribution < -0.4 is 0 Å². The maximum atomic E-state index is 9.91. The van der Waals surface area contributed by atoms with Crippen LogP contribution in [0.3, 0.4) is 0 Å². The average molecular weight is 407 g/mol. The molecule has 2 aliphatic carbocycles. The molecule has 2 fully saturated rings. The first-order valence-electron chi connectivity index (χ1n) is 10.0. The Kier molecular flexibility index (Phi) is 6.16. The summed E-state index contributed by atoms with van der Waals surface area (Å²) in [7, 11) is 2.30. The van der Waals surface area contributed by atoms with E-state index in [1.807, 2.05) is 6.07 Å². The van der Waals surface area contributed by atoms with Gasteiger partial charge in [0.25, 0.3) is 0 Å². The number of rotatable bonds is 3. The molecule has 4 rings (SSSR count). The highest BCUT2D eigenvalue weighted by Gasteiger charge is 2.53. The molecule has 3 aliphatic rings. The van der Waals surface area contributed by atoms with Gasteiger partial charge in [-0.2, -0.15) is 0 Å². The van der Waals surface area contributed by atoms with Crippen molar-refractivity contribution in [3.05, 3.63) is 29.3 Å². The van der Waals surface area contributed by atoms with Crippen molar-refractivity contribution in [2.45, 2.75) is 62.2 Å². The van der Waals surface area contributed by atoms with Crippen LogP contribution in [0.4, 0.5) is 0 Å². The van der Waals surface area contributed by atoms with Crippen LogP contribution in [0.15, 0.2) is 18.2 Å². The zero-order chi connectivity index (χ0) is 21.3. The van der Waals surface area contributed by atoms with E-state index >= 15 is 0 Å². The number of phenolic OH excluding ortho intramolecular Hbond substituents is 1. The summed E-state index contributed by atoms with van der Waals surface area (Å²) < 4.78 is 0. The minimum absolute atomic E-state index is 0.377. The van der Waals surface area contributed by atoms with Crippen molar-refractivity contribution in [3.8, 4) is 5.75 Å². The van der Waals surface area contributed by atoms with E-state index in [1.165, 1.54) is 56.2 Å². The Labute approximate surface area is 169 Å². The van der Waals surface area contributed by atoms with Crippen molar-refractivity contribution in [2.75, 3.05) is 13.6 Å². The highest BCUT2D eigenvalue weighted by atomic mass is 16.4. The van der Waals surface area contributed by atoms with Crippen LogP contribution in [0, 0.1) is 5.92 Å². The Morgan fingerprint density at radius 2 is 1.76 bits per heavy atom. The molecule has 1 heterocycles. The molecule has 5 atom stereocenters. The second-order valence-electron chi connectivity index (χ2n) is 8.42. The van der Waals surface area contributed by atoms with Crippen molar-refractivity contribution >= 4 is 11.9 Å². The number of hydrogen-bond donors (Lipinski definition) is 5. The lowest BCUT2D eigenvalue weighted by molar-refractivity contribution is -0.165. The Morgan fingerprint density at radius 3 is 2.38 bits per heavy atom. The number of benzene rings is 1. The number of likely N-dealkylation sites (tertiary alicyclic amines) is 1. The molecular weight excluding hydrogens is 378 g/mol. The second-order valence-corrected chi connectivity index (χ2v) is 8.42. The van der Waals surface area contributed by atoms with Gasteiger partial charge in [-0.25, -0.2) is 9.59 Å². The number of piperidine rings is 1. The van der Waals surface area contributed by atoms with E-state index in [2.05, 4.69) is 24.1 Å². The minimum Gasteiger partial charge on any atom is -0.508 e. The Bertz CT molecular complexity index is 764. The molecule has 1 aliphatic heterocycles. The topological polar surface area (TPSA) is 139 Å². The van der Waals surface area contributed by atoms with E-state index in [9.17, 15) is 14.7 Å². The zero-order valence-corrected chi connectivity index (χ0v) is 16.5. The summed E-state index contributed by atoms with van der Waals surface area (Å²) in [6, 6.07) is 6.85. The van der Waals surface area contributed by atoms with E-state index in [-0.39, 0.29) is 0 Å². The fraction of sp³-hybridized carbons (Fsp3) is 0.619. The molecule has 0 aromatic heterocycles. The maximum absolute atomic E-state index is 9.91. The van der Waals surface area contributed by atoms with Gasteiger partial charge in [0.15, 0.2) is 12.2 Å². The van der Waals surface area contributed by atoms with Gasteiger partial charge in [0.05, 0.1) is 0 Å². The molecular formula is C21H29NO7.